The van der Waals surface area contributed by atoms with Gasteiger partial charge in [0.05, 0.1) is 6.04 Å². The zero-order valence-electron chi connectivity index (χ0n) is 16.7. The molecule has 3 aliphatic heterocycles. The van der Waals surface area contributed by atoms with Crippen LogP contribution in [0.3, 0.4) is 0 Å². The summed E-state index contributed by atoms with van der Waals surface area (Å²) < 4.78 is 0. The first kappa shape index (κ1) is 20.9. The lowest BCUT2D eigenvalue weighted by molar-refractivity contribution is 0.0154. The van der Waals surface area contributed by atoms with Gasteiger partial charge in [-0.25, -0.2) is 0 Å². The van der Waals surface area contributed by atoms with E-state index in [0.29, 0.717) is 6.04 Å². The Bertz CT molecular complexity index is 654. The molecule has 3 fully saturated rings. The molecular weight excluding hydrogens is 449 g/mol. The molecular formula is C21H34IN5. The van der Waals surface area contributed by atoms with Crippen molar-refractivity contribution in [2.45, 2.75) is 44.7 Å². The van der Waals surface area contributed by atoms with Gasteiger partial charge in [-0.3, -0.25) is 14.8 Å². The van der Waals surface area contributed by atoms with Gasteiger partial charge in [-0.2, -0.15) is 0 Å². The van der Waals surface area contributed by atoms with Crippen LogP contribution in [-0.4, -0.2) is 68.1 Å². The summed E-state index contributed by atoms with van der Waals surface area (Å²) in [4.78, 5) is 9.65. The molecule has 2 unspecified atom stereocenters. The maximum Gasteiger partial charge on any atom is 0.191 e. The van der Waals surface area contributed by atoms with Crippen molar-refractivity contribution in [1.82, 2.24) is 20.4 Å². The van der Waals surface area contributed by atoms with E-state index in [2.05, 4.69) is 50.5 Å². The van der Waals surface area contributed by atoms with E-state index in [4.69, 9.17) is 0 Å². The fourth-order valence-electron chi connectivity index (χ4n) is 4.64. The highest BCUT2D eigenvalue weighted by molar-refractivity contribution is 14.0. The number of hydrogen-bond acceptors (Lipinski definition) is 3. The Morgan fingerprint density at radius 3 is 2.56 bits per heavy atom. The SMILES string of the molecule is CN=C(NCC1CN2CCN1CC2)NC(C)c1ccc2c(c1)CCCC2.I. The van der Waals surface area contributed by atoms with Crippen molar-refractivity contribution in [2.75, 3.05) is 46.3 Å². The molecule has 1 aromatic rings. The number of nitrogens with one attached hydrogen (secondary N) is 2. The summed E-state index contributed by atoms with van der Waals surface area (Å²) in [6.45, 7) is 9.28. The van der Waals surface area contributed by atoms with E-state index in [-0.39, 0.29) is 30.0 Å². The molecule has 4 aliphatic rings. The topological polar surface area (TPSA) is 42.9 Å². The third kappa shape index (κ3) is 4.95. The standard InChI is InChI=1S/C21H33N5.HI/c1-16(18-8-7-17-5-3-4-6-19(17)13-18)24-21(22-2)23-14-20-15-25-9-11-26(20)12-10-25;/h7-8,13,16,20H,3-6,9-12,14-15H2,1-2H3,(H2,22,23,24);1H. The van der Waals surface area contributed by atoms with Gasteiger partial charge in [0.15, 0.2) is 5.96 Å². The van der Waals surface area contributed by atoms with Gasteiger partial charge in [0, 0.05) is 52.4 Å². The van der Waals surface area contributed by atoms with Crippen molar-refractivity contribution in [1.29, 1.82) is 0 Å². The minimum Gasteiger partial charge on any atom is -0.355 e. The summed E-state index contributed by atoms with van der Waals surface area (Å²) in [5.41, 5.74) is 4.46. The van der Waals surface area contributed by atoms with E-state index < -0.39 is 0 Å². The Balaban J connectivity index is 0.00000210. The van der Waals surface area contributed by atoms with Gasteiger partial charge >= 0.3 is 0 Å². The molecule has 2 N–H and O–H groups in total. The van der Waals surface area contributed by atoms with Crippen LogP contribution in [0.2, 0.25) is 0 Å². The average molecular weight is 483 g/mol. The van der Waals surface area contributed by atoms with E-state index in [1.165, 1.54) is 64.0 Å². The largest absolute Gasteiger partial charge is 0.355 e. The first-order chi connectivity index (χ1) is 12.7. The summed E-state index contributed by atoms with van der Waals surface area (Å²) in [7, 11) is 1.87. The van der Waals surface area contributed by atoms with Crippen molar-refractivity contribution in [3.05, 3.63) is 34.9 Å². The van der Waals surface area contributed by atoms with E-state index in [1.54, 1.807) is 11.1 Å². The van der Waals surface area contributed by atoms with Gasteiger partial charge in [-0.05, 0) is 49.3 Å². The van der Waals surface area contributed by atoms with Crippen molar-refractivity contribution in [3.63, 3.8) is 0 Å². The predicted octanol–water partition coefficient (Wildman–Crippen LogP) is 2.41. The quantitative estimate of drug-likeness (QED) is 0.392. The highest BCUT2D eigenvalue weighted by Gasteiger charge is 2.31. The number of hydrogen-bond donors (Lipinski definition) is 2. The van der Waals surface area contributed by atoms with Crippen LogP contribution in [0, 0.1) is 0 Å². The average Bonchev–Trinajstić information content (AvgIpc) is 2.71. The summed E-state index contributed by atoms with van der Waals surface area (Å²) >= 11 is 0. The Morgan fingerprint density at radius 1 is 1.15 bits per heavy atom. The fraction of sp³-hybridized carbons (Fsp3) is 0.667. The van der Waals surface area contributed by atoms with E-state index in [1.807, 2.05) is 7.05 Å². The number of piperazine rings is 3. The van der Waals surface area contributed by atoms with Crippen LogP contribution in [0.5, 0.6) is 0 Å². The summed E-state index contributed by atoms with van der Waals surface area (Å²) in [5, 5.41) is 7.14. The van der Waals surface area contributed by atoms with Crippen molar-refractivity contribution >= 4 is 29.9 Å². The maximum atomic E-state index is 4.45. The molecule has 5 rings (SSSR count). The fourth-order valence-corrected chi connectivity index (χ4v) is 4.64. The molecule has 2 bridgehead atoms. The van der Waals surface area contributed by atoms with E-state index in [0.717, 1.165) is 12.5 Å². The molecule has 0 spiro atoms. The zero-order chi connectivity index (χ0) is 17.9. The van der Waals surface area contributed by atoms with E-state index in [9.17, 15) is 0 Å². The molecule has 150 valence electrons. The molecule has 0 amide bonds. The third-order valence-electron chi connectivity index (χ3n) is 6.35. The minimum absolute atomic E-state index is 0. The minimum atomic E-state index is 0. The molecule has 1 aliphatic carbocycles. The van der Waals surface area contributed by atoms with E-state index >= 15 is 0 Å². The molecule has 3 saturated heterocycles. The number of benzene rings is 1. The Labute approximate surface area is 181 Å². The van der Waals surface area contributed by atoms with Crippen LogP contribution < -0.4 is 10.6 Å². The second-order valence-electron chi connectivity index (χ2n) is 8.04. The smallest absolute Gasteiger partial charge is 0.191 e. The van der Waals surface area contributed by atoms with Crippen LogP contribution in [0.1, 0.15) is 42.5 Å². The van der Waals surface area contributed by atoms with Gasteiger partial charge in [0.1, 0.15) is 0 Å². The maximum absolute atomic E-state index is 4.45. The number of guanidine groups is 1. The number of aryl methyl sites for hydroxylation is 2. The van der Waals surface area contributed by atoms with Crippen LogP contribution in [-0.2, 0) is 12.8 Å². The van der Waals surface area contributed by atoms with Crippen LogP contribution >= 0.6 is 24.0 Å². The molecule has 0 aromatic heterocycles. The van der Waals surface area contributed by atoms with Crippen molar-refractivity contribution in [3.8, 4) is 0 Å². The number of rotatable bonds is 4. The lowest BCUT2D eigenvalue weighted by atomic mass is 9.89. The first-order valence-corrected chi connectivity index (χ1v) is 10.3. The lowest BCUT2D eigenvalue weighted by Crippen LogP contribution is -2.63. The van der Waals surface area contributed by atoms with Gasteiger partial charge in [-0.15, -0.1) is 24.0 Å². The number of fused-ring (bicyclic) bond motifs is 4. The number of nitrogens with zero attached hydrogens (tertiary/aromatic N) is 3. The summed E-state index contributed by atoms with van der Waals surface area (Å²) in [6, 6.07) is 7.89. The Kier molecular flexibility index (Phi) is 7.39. The van der Waals surface area contributed by atoms with Crippen LogP contribution in [0.25, 0.3) is 0 Å². The second-order valence-corrected chi connectivity index (χ2v) is 8.04. The second kappa shape index (κ2) is 9.56. The molecule has 0 radical (unpaired) electrons. The van der Waals surface area contributed by atoms with Gasteiger partial charge in [0.25, 0.3) is 0 Å². The first-order valence-electron chi connectivity index (χ1n) is 10.3. The number of aliphatic imine (C=N–C) groups is 1. The molecule has 2 atom stereocenters. The molecule has 1 aromatic carbocycles. The normalized spacial score (nSPS) is 28.1. The highest BCUT2D eigenvalue weighted by Crippen LogP contribution is 2.24. The van der Waals surface area contributed by atoms with Gasteiger partial charge in [0.2, 0.25) is 0 Å². The lowest BCUT2D eigenvalue weighted by Gasteiger charge is -2.47. The molecule has 6 heteroatoms. The predicted molar refractivity (Wildman–Crippen MR) is 123 cm³/mol. The third-order valence-corrected chi connectivity index (χ3v) is 6.35. The molecule has 27 heavy (non-hydrogen) atoms. The Hall–Kier alpha value is -0.860. The van der Waals surface area contributed by atoms with Crippen LogP contribution in [0.4, 0.5) is 0 Å². The summed E-state index contributed by atoms with van der Waals surface area (Å²) in [6.07, 6.45) is 5.15. The molecule has 0 saturated carbocycles. The van der Waals surface area contributed by atoms with Crippen molar-refractivity contribution < 1.29 is 0 Å². The summed E-state index contributed by atoms with van der Waals surface area (Å²) in [5.74, 6) is 0.910. The monoisotopic (exact) mass is 483 g/mol. The zero-order valence-corrected chi connectivity index (χ0v) is 19.0. The van der Waals surface area contributed by atoms with Gasteiger partial charge in [-0.1, -0.05) is 18.2 Å². The van der Waals surface area contributed by atoms with Gasteiger partial charge < -0.3 is 10.6 Å². The highest BCUT2D eigenvalue weighted by atomic mass is 127. The molecule has 3 heterocycles. The van der Waals surface area contributed by atoms with Crippen molar-refractivity contribution in [2.24, 2.45) is 4.99 Å². The molecule has 5 nitrogen and oxygen atoms in total. The van der Waals surface area contributed by atoms with Crippen LogP contribution in [0.15, 0.2) is 23.2 Å². The Morgan fingerprint density at radius 2 is 1.89 bits per heavy atom. The number of halogens is 1.